The average Bonchev–Trinajstić information content (AvgIpc) is 3.00. The number of aryl methyl sites for hydroxylation is 2. The summed E-state index contributed by atoms with van der Waals surface area (Å²) in [4.78, 5) is 6.86. The molecule has 0 radical (unpaired) electrons. The van der Waals surface area contributed by atoms with E-state index in [2.05, 4.69) is 109 Å². The fourth-order valence-electron chi connectivity index (χ4n) is 4.50. The molecule has 0 atom stereocenters. The van der Waals surface area contributed by atoms with Crippen molar-refractivity contribution in [2.24, 2.45) is 0 Å². The van der Waals surface area contributed by atoms with Crippen LogP contribution in [0.3, 0.4) is 0 Å². The molecule has 4 aromatic rings. The molecule has 5 heteroatoms. The van der Waals surface area contributed by atoms with Crippen molar-refractivity contribution in [1.29, 1.82) is 0 Å². The molecule has 0 saturated heterocycles. The molecule has 0 unspecified atom stereocenters. The van der Waals surface area contributed by atoms with Crippen molar-refractivity contribution in [3.05, 3.63) is 108 Å². The molecule has 0 aliphatic rings. The monoisotopic (exact) mass is 540 g/mol. The average molecular weight is 541 g/mol. The van der Waals surface area contributed by atoms with Crippen LogP contribution in [0.25, 0.3) is 10.9 Å². The molecule has 5 nitrogen and oxygen atoms in total. The molecule has 3 aromatic carbocycles. The highest BCUT2D eigenvalue weighted by atomic mass is 16.5. The van der Waals surface area contributed by atoms with Gasteiger partial charge < -0.3 is 20.3 Å². The van der Waals surface area contributed by atoms with Crippen LogP contribution in [0.1, 0.15) is 49.9 Å². The number of fused-ring (bicyclic) bond motifs is 1. The summed E-state index contributed by atoms with van der Waals surface area (Å²) in [6, 6.07) is 23.5. The largest absolute Gasteiger partial charge is 0.496 e. The molecule has 0 fully saturated rings. The van der Waals surface area contributed by atoms with Gasteiger partial charge in [0.1, 0.15) is 5.75 Å². The number of rotatable bonds is 11. The molecule has 0 amide bonds. The van der Waals surface area contributed by atoms with Gasteiger partial charge in [-0.05, 0) is 91.5 Å². The zero-order valence-electron chi connectivity index (χ0n) is 25.6. The Bertz CT molecular complexity index is 1300. The summed E-state index contributed by atoms with van der Waals surface area (Å²) >= 11 is 0. The van der Waals surface area contributed by atoms with Gasteiger partial charge in [0.25, 0.3) is 0 Å². The minimum atomic E-state index is 0.901. The number of nitrogens with zero attached hydrogens (tertiary/aromatic N) is 2. The molecule has 1 heterocycles. The number of ether oxygens (including phenoxy) is 1. The SMILES string of the molecule is C=CNCCN(CC)c1cccc(C)c1.CC.CCc1cc2c(Cc3ccc(NC)cc3)ccnc2cc1OC. The van der Waals surface area contributed by atoms with Crippen molar-refractivity contribution >= 4 is 22.3 Å². The molecule has 0 aliphatic heterocycles. The Morgan fingerprint density at radius 1 is 0.975 bits per heavy atom. The number of hydrogen-bond acceptors (Lipinski definition) is 5. The molecule has 0 bridgehead atoms. The Morgan fingerprint density at radius 2 is 1.73 bits per heavy atom. The molecule has 0 saturated carbocycles. The van der Waals surface area contributed by atoms with Crippen LogP contribution in [0.5, 0.6) is 5.75 Å². The van der Waals surface area contributed by atoms with E-state index >= 15 is 0 Å². The topological polar surface area (TPSA) is 49.4 Å². The summed E-state index contributed by atoms with van der Waals surface area (Å²) in [5, 5.41) is 7.48. The Morgan fingerprint density at radius 3 is 2.33 bits per heavy atom. The second-order valence-corrected chi connectivity index (χ2v) is 9.21. The van der Waals surface area contributed by atoms with Crippen LogP contribution >= 0.6 is 0 Å². The van der Waals surface area contributed by atoms with Gasteiger partial charge in [0.05, 0.1) is 12.6 Å². The van der Waals surface area contributed by atoms with E-state index in [-0.39, 0.29) is 0 Å². The van der Waals surface area contributed by atoms with Crippen LogP contribution in [-0.4, -0.2) is 38.8 Å². The Balaban J connectivity index is 0.000000287. The standard InChI is InChI=1S/C20H22N2O.C13H20N2.C2H6/c1-4-15-12-18-16(9-10-22-19(18)13-20(15)23-3)11-14-5-7-17(21-2)8-6-14;1-4-14-9-10-15(5-2)13-8-6-7-12(3)11-13;1-2/h5-10,12-13,21H,4,11H2,1-3H3;4,6-8,11,14H,1,5,9-10H2,2-3H3;1-2H3. The summed E-state index contributed by atoms with van der Waals surface area (Å²) in [6.07, 6.45) is 5.47. The molecule has 0 aliphatic carbocycles. The third kappa shape index (κ3) is 9.33. The van der Waals surface area contributed by atoms with Crippen molar-refractivity contribution < 1.29 is 4.74 Å². The van der Waals surface area contributed by atoms with E-state index in [1.807, 2.05) is 33.2 Å². The highest BCUT2D eigenvalue weighted by molar-refractivity contribution is 5.85. The minimum Gasteiger partial charge on any atom is -0.496 e. The second kappa shape index (κ2) is 17.6. The van der Waals surface area contributed by atoms with Crippen LogP contribution in [0, 0.1) is 6.92 Å². The maximum Gasteiger partial charge on any atom is 0.124 e. The van der Waals surface area contributed by atoms with E-state index in [1.165, 1.54) is 33.3 Å². The Kier molecular flexibility index (Phi) is 14.2. The molecule has 214 valence electrons. The normalized spacial score (nSPS) is 9.97. The van der Waals surface area contributed by atoms with Gasteiger partial charge in [0.2, 0.25) is 0 Å². The van der Waals surface area contributed by atoms with Gasteiger partial charge >= 0.3 is 0 Å². The van der Waals surface area contributed by atoms with Gasteiger partial charge in [-0.25, -0.2) is 0 Å². The number of likely N-dealkylation sites (N-methyl/N-ethyl adjacent to an activating group) is 1. The molecule has 40 heavy (non-hydrogen) atoms. The van der Waals surface area contributed by atoms with Gasteiger partial charge in [-0.3, -0.25) is 4.98 Å². The lowest BCUT2D eigenvalue weighted by Gasteiger charge is -2.23. The third-order valence-electron chi connectivity index (χ3n) is 6.67. The highest BCUT2D eigenvalue weighted by Crippen LogP contribution is 2.28. The van der Waals surface area contributed by atoms with E-state index in [1.54, 1.807) is 13.3 Å². The van der Waals surface area contributed by atoms with Crippen molar-refractivity contribution in [3.8, 4) is 5.75 Å². The summed E-state index contributed by atoms with van der Waals surface area (Å²) in [7, 11) is 3.65. The maximum atomic E-state index is 5.48. The predicted octanol–water partition coefficient (Wildman–Crippen LogP) is 8.02. The molecule has 1 aromatic heterocycles. The van der Waals surface area contributed by atoms with E-state index in [0.717, 1.165) is 49.4 Å². The summed E-state index contributed by atoms with van der Waals surface area (Å²) in [6.45, 7) is 17.1. The summed E-state index contributed by atoms with van der Waals surface area (Å²) < 4.78 is 5.48. The fourth-order valence-corrected chi connectivity index (χ4v) is 4.50. The molecule has 0 spiro atoms. The van der Waals surface area contributed by atoms with Crippen molar-refractivity contribution in [3.63, 3.8) is 0 Å². The quantitative estimate of drug-likeness (QED) is 0.189. The van der Waals surface area contributed by atoms with Gasteiger partial charge in [-0.2, -0.15) is 0 Å². The van der Waals surface area contributed by atoms with Crippen LogP contribution in [0.2, 0.25) is 0 Å². The first-order valence-corrected chi connectivity index (χ1v) is 14.4. The number of hydrogen-bond donors (Lipinski definition) is 2. The van der Waals surface area contributed by atoms with Crippen molar-refractivity contribution in [2.75, 3.05) is 44.0 Å². The van der Waals surface area contributed by atoms with Crippen LogP contribution < -0.4 is 20.3 Å². The van der Waals surface area contributed by atoms with Crippen molar-refractivity contribution in [2.45, 2.75) is 47.5 Å². The van der Waals surface area contributed by atoms with E-state index < -0.39 is 0 Å². The lowest BCUT2D eigenvalue weighted by Crippen LogP contribution is -2.30. The smallest absolute Gasteiger partial charge is 0.124 e. The molecule has 4 rings (SSSR count). The van der Waals surface area contributed by atoms with Crippen LogP contribution in [0.4, 0.5) is 11.4 Å². The zero-order valence-corrected chi connectivity index (χ0v) is 25.6. The number of benzene rings is 3. The highest BCUT2D eigenvalue weighted by Gasteiger charge is 2.09. The zero-order chi connectivity index (χ0) is 29.3. The lowest BCUT2D eigenvalue weighted by molar-refractivity contribution is 0.410. The minimum absolute atomic E-state index is 0.901. The Labute approximate surface area is 242 Å². The van der Waals surface area contributed by atoms with E-state index in [0.29, 0.717) is 0 Å². The van der Waals surface area contributed by atoms with Gasteiger partial charge in [-0.15, -0.1) is 0 Å². The Hall–Kier alpha value is -3.99. The van der Waals surface area contributed by atoms with Crippen molar-refractivity contribution in [1.82, 2.24) is 10.3 Å². The first kappa shape index (κ1) is 32.2. The summed E-state index contributed by atoms with van der Waals surface area (Å²) in [5.41, 5.74) is 8.54. The number of methoxy groups -OCH3 is 1. The van der Waals surface area contributed by atoms with Crippen LogP contribution in [0.15, 0.2) is 85.7 Å². The van der Waals surface area contributed by atoms with E-state index in [9.17, 15) is 0 Å². The predicted molar refractivity (Wildman–Crippen MR) is 175 cm³/mol. The first-order valence-electron chi connectivity index (χ1n) is 14.4. The maximum absolute atomic E-state index is 5.48. The first-order chi connectivity index (χ1) is 19.5. The number of pyridine rings is 1. The number of anilines is 2. The van der Waals surface area contributed by atoms with Gasteiger partial charge in [0.15, 0.2) is 0 Å². The molecular weight excluding hydrogens is 492 g/mol. The number of nitrogens with one attached hydrogen (secondary N) is 2. The fraction of sp³-hybridized carbons (Fsp3) is 0.343. The van der Waals surface area contributed by atoms with Gasteiger partial charge in [0, 0.05) is 55.7 Å². The van der Waals surface area contributed by atoms with Crippen LogP contribution in [-0.2, 0) is 12.8 Å². The second-order valence-electron chi connectivity index (χ2n) is 9.21. The third-order valence-corrected chi connectivity index (χ3v) is 6.67. The molecule has 2 N–H and O–H groups in total. The lowest BCUT2D eigenvalue weighted by atomic mass is 9.98. The number of aromatic nitrogens is 1. The molecular formula is C35H48N4O. The van der Waals surface area contributed by atoms with Gasteiger partial charge in [-0.1, -0.05) is 51.6 Å². The van der Waals surface area contributed by atoms with E-state index in [4.69, 9.17) is 4.74 Å². The summed E-state index contributed by atoms with van der Waals surface area (Å²) in [5.74, 6) is 0.919.